The molecule has 0 atom stereocenters. The van der Waals surface area contributed by atoms with Crippen LogP contribution in [0.25, 0.3) is 107 Å². The third-order valence-corrected chi connectivity index (χ3v) is 11.4. The van der Waals surface area contributed by atoms with Gasteiger partial charge in [0.15, 0.2) is 0 Å². The highest BCUT2D eigenvalue weighted by Crippen LogP contribution is 2.48. The van der Waals surface area contributed by atoms with Crippen LogP contribution in [0.2, 0.25) is 0 Å². The third kappa shape index (κ3) is 3.55. The van der Waals surface area contributed by atoms with Crippen molar-refractivity contribution in [1.82, 2.24) is 0 Å². The fourth-order valence-corrected chi connectivity index (χ4v) is 9.38. The van der Waals surface area contributed by atoms with Gasteiger partial charge in [-0.3, -0.25) is 0 Å². The van der Waals surface area contributed by atoms with Crippen molar-refractivity contribution in [3.8, 4) is 22.3 Å². The van der Waals surface area contributed by atoms with Gasteiger partial charge in [-0.1, -0.05) is 133 Å². The molecule has 1 nitrogen and oxygen atoms in total. The Morgan fingerprint density at radius 2 is 1.00 bits per heavy atom. The van der Waals surface area contributed by atoms with E-state index < -0.39 is 0 Å². The minimum absolute atomic E-state index is 0.935. The second-order valence-corrected chi connectivity index (χ2v) is 13.8. The number of thiophene rings is 1. The summed E-state index contributed by atoms with van der Waals surface area (Å²) in [5, 5.41) is 15.2. The van der Waals surface area contributed by atoms with Crippen molar-refractivity contribution < 1.29 is 4.42 Å². The van der Waals surface area contributed by atoms with Gasteiger partial charge in [-0.25, -0.2) is 0 Å². The van der Waals surface area contributed by atoms with Crippen LogP contribution in [0.15, 0.2) is 162 Å². The minimum atomic E-state index is 0.935. The molecule has 0 aliphatic rings. The molecular formula is C46H26OS. The number of hydrogen-bond donors (Lipinski definition) is 0. The Labute approximate surface area is 279 Å². The summed E-state index contributed by atoms with van der Waals surface area (Å²) in [4.78, 5) is 0. The Morgan fingerprint density at radius 3 is 1.79 bits per heavy atom. The average Bonchev–Trinajstić information content (AvgIpc) is 3.72. The van der Waals surface area contributed by atoms with Crippen LogP contribution < -0.4 is 0 Å². The Morgan fingerprint density at radius 1 is 0.354 bits per heavy atom. The topological polar surface area (TPSA) is 13.1 Å². The van der Waals surface area contributed by atoms with Crippen LogP contribution in [0, 0.1) is 0 Å². The molecule has 2 heterocycles. The van der Waals surface area contributed by atoms with Crippen LogP contribution in [0.3, 0.4) is 0 Å². The van der Waals surface area contributed by atoms with E-state index in [1.54, 1.807) is 0 Å². The molecule has 2 aromatic heterocycles. The van der Waals surface area contributed by atoms with E-state index in [9.17, 15) is 0 Å². The highest BCUT2D eigenvalue weighted by atomic mass is 32.1. The molecule has 0 saturated carbocycles. The first kappa shape index (κ1) is 26.1. The summed E-state index contributed by atoms with van der Waals surface area (Å²) in [5.41, 5.74) is 6.98. The number of furan rings is 1. The maximum Gasteiger partial charge on any atom is 0.136 e. The molecule has 222 valence electrons. The van der Waals surface area contributed by atoms with Gasteiger partial charge in [0.2, 0.25) is 0 Å². The molecule has 0 aliphatic carbocycles. The van der Waals surface area contributed by atoms with Crippen LogP contribution in [-0.4, -0.2) is 0 Å². The van der Waals surface area contributed by atoms with E-state index in [1.807, 2.05) is 17.4 Å². The fraction of sp³-hybridized carbons (Fsp3) is 0. The monoisotopic (exact) mass is 626 g/mol. The van der Waals surface area contributed by atoms with Crippen molar-refractivity contribution >= 4 is 96.5 Å². The Bertz CT molecular complexity index is 3060. The Kier molecular flexibility index (Phi) is 5.32. The van der Waals surface area contributed by atoms with Crippen molar-refractivity contribution in [2.24, 2.45) is 0 Å². The molecule has 48 heavy (non-hydrogen) atoms. The second kappa shape index (κ2) is 9.78. The van der Waals surface area contributed by atoms with Gasteiger partial charge in [-0.05, 0) is 84.2 Å². The summed E-state index contributed by atoms with van der Waals surface area (Å²) in [7, 11) is 0. The summed E-state index contributed by atoms with van der Waals surface area (Å²) < 4.78 is 8.92. The fourth-order valence-electron chi connectivity index (χ4n) is 8.23. The van der Waals surface area contributed by atoms with Gasteiger partial charge in [0, 0.05) is 36.3 Å². The molecule has 0 fully saturated rings. The maximum absolute atomic E-state index is 6.33. The molecule has 0 spiro atoms. The van der Waals surface area contributed by atoms with Crippen molar-refractivity contribution in [1.29, 1.82) is 0 Å². The molecular weight excluding hydrogens is 601 g/mol. The van der Waals surface area contributed by atoms with Gasteiger partial charge in [-0.15, -0.1) is 11.3 Å². The van der Waals surface area contributed by atoms with E-state index in [2.05, 4.69) is 152 Å². The normalized spacial score (nSPS) is 12.2. The standard InChI is InChI=1S/C46H26OS/c1-2-12-30-27(10-1)11-9-18-31(30)44-34-15-5-3-13-32(34)42(33-14-4-6-16-35(33)44)29-20-23-37-41(26-29)48-40-25-22-28-21-24-39-45(43(28)46(37)40)36-17-7-8-19-38(36)47-39/h1-26H. The van der Waals surface area contributed by atoms with Gasteiger partial charge in [0.05, 0.1) is 0 Å². The lowest BCUT2D eigenvalue weighted by Gasteiger charge is -2.18. The quantitative estimate of drug-likeness (QED) is 0.174. The van der Waals surface area contributed by atoms with Crippen LogP contribution in [0.4, 0.5) is 0 Å². The van der Waals surface area contributed by atoms with E-state index >= 15 is 0 Å². The first-order chi connectivity index (χ1) is 23.8. The second-order valence-electron chi connectivity index (χ2n) is 12.8. The largest absolute Gasteiger partial charge is 0.456 e. The summed E-state index contributed by atoms with van der Waals surface area (Å²) in [6.07, 6.45) is 0. The van der Waals surface area contributed by atoms with E-state index in [1.165, 1.54) is 96.3 Å². The predicted molar refractivity (Wildman–Crippen MR) is 208 cm³/mol. The van der Waals surface area contributed by atoms with Crippen LogP contribution in [0.5, 0.6) is 0 Å². The van der Waals surface area contributed by atoms with Gasteiger partial charge < -0.3 is 4.42 Å². The molecule has 0 saturated heterocycles. The number of hydrogen-bond acceptors (Lipinski definition) is 2. The molecule has 11 rings (SSSR count). The van der Waals surface area contributed by atoms with Gasteiger partial charge >= 0.3 is 0 Å². The molecule has 0 radical (unpaired) electrons. The predicted octanol–water partition coefficient (Wildman–Crippen LogP) is 13.9. The molecule has 9 aromatic carbocycles. The molecule has 2 heteroatoms. The summed E-state index contributed by atoms with van der Waals surface area (Å²) >= 11 is 1.88. The highest BCUT2D eigenvalue weighted by molar-refractivity contribution is 7.26. The van der Waals surface area contributed by atoms with Gasteiger partial charge in [-0.2, -0.15) is 0 Å². The number of benzene rings is 9. The van der Waals surface area contributed by atoms with E-state index in [0.717, 1.165) is 11.2 Å². The van der Waals surface area contributed by atoms with Crippen LogP contribution in [-0.2, 0) is 0 Å². The molecule has 0 N–H and O–H groups in total. The molecule has 0 bridgehead atoms. The van der Waals surface area contributed by atoms with E-state index in [0.29, 0.717) is 0 Å². The van der Waals surface area contributed by atoms with Gasteiger partial charge in [0.1, 0.15) is 11.2 Å². The van der Waals surface area contributed by atoms with E-state index in [-0.39, 0.29) is 0 Å². The molecule has 11 aromatic rings. The smallest absolute Gasteiger partial charge is 0.136 e. The summed E-state index contributed by atoms with van der Waals surface area (Å²) in [5.74, 6) is 0. The third-order valence-electron chi connectivity index (χ3n) is 10.2. The first-order valence-corrected chi connectivity index (χ1v) is 17.2. The van der Waals surface area contributed by atoms with Gasteiger partial charge in [0.25, 0.3) is 0 Å². The lowest BCUT2D eigenvalue weighted by molar-refractivity contribution is 0.669. The number of rotatable bonds is 2. The SMILES string of the molecule is c1ccc2c(-c3c4ccccc4c(-c4ccc5c(c4)sc4ccc6ccc7oc8ccccc8c7c6c45)c4ccccc34)cccc2c1. The van der Waals surface area contributed by atoms with Crippen molar-refractivity contribution in [2.45, 2.75) is 0 Å². The summed E-state index contributed by atoms with van der Waals surface area (Å²) in [6, 6.07) is 57.7. The maximum atomic E-state index is 6.33. The van der Waals surface area contributed by atoms with E-state index in [4.69, 9.17) is 4.42 Å². The average molecular weight is 627 g/mol. The zero-order chi connectivity index (χ0) is 31.3. The van der Waals surface area contributed by atoms with Crippen LogP contribution >= 0.6 is 11.3 Å². The van der Waals surface area contributed by atoms with Crippen molar-refractivity contribution in [2.75, 3.05) is 0 Å². The Hall–Kier alpha value is -5.96. The minimum Gasteiger partial charge on any atom is -0.456 e. The summed E-state index contributed by atoms with van der Waals surface area (Å²) in [6.45, 7) is 0. The lowest BCUT2D eigenvalue weighted by atomic mass is 9.84. The van der Waals surface area contributed by atoms with Crippen LogP contribution in [0.1, 0.15) is 0 Å². The number of para-hydroxylation sites is 1. The van der Waals surface area contributed by atoms with Crippen molar-refractivity contribution in [3.63, 3.8) is 0 Å². The molecule has 0 aliphatic heterocycles. The Balaban J connectivity index is 1.22. The molecule has 0 unspecified atom stereocenters. The number of fused-ring (bicyclic) bond motifs is 12. The lowest BCUT2D eigenvalue weighted by Crippen LogP contribution is -1.91. The molecule has 0 amide bonds. The zero-order valence-corrected chi connectivity index (χ0v) is 26.6. The highest BCUT2D eigenvalue weighted by Gasteiger charge is 2.20. The zero-order valence-electron chi connectivity index (χ0n) is 25.8. The first-order valence-electron chi connectivity index (χ1n) is 16.4. The van der Waals surface area contributed by atoms with Crippen molar-refractivity contribution in [3.05, 3.63) is 158 Å².